The number of fused-ring (bicyclic) bond motifs is 1. The third-order valence-electron chi connectivity index (χ3n) is 6.47. The standard InChI is InChI=1S/C28H29N3O3/c1-3-20-12-14-22(15-13-20)34-17-16-30-24-9-5-4-8-23(24)29-28(30)21-18-27(32)31(19-21)25-10-6-7-11-26(25)33-2/h4-15,21H,3,16-19H2,1-2H3/t21-/m0/s1. The van der Waals surface area contributed by atoms with Crippen LogP contribution in [0.3, 0.4) is 0 Å². The van der Waals surface area contributed by atoms with Crippen LogP contribution < -0.4 is 14.4 Å². The Morgan fingerprint density at radius 2 is 1.76 bits per heavy atom. The molecule has 0 unspecified atom stereocenters. The molecule has 0 spiro atoms. The van der Waals surface area contributed by atoms with Gasteiger partial charge in [-0.1, -0.05) is 43.3 Å². The molecular formula is C28H29N3O3. The molecule has 2 heterocycles. The first-order valence-corrected chi connectivity index (χ1v) is 11.8. The van der Waals surface area contributed by atoms with Crippen molar-refractivity contribution in [1.82, 2.24) is 9.55 Å². The van der Waals surface area contributed by atoms with Crippen molar-refractivity contribution in [2.45, 2.75) is 32.2 Å². The summed E-state index contributed by atoms with van der Waals surface area (Å²) < 4.78 is 13.7. The van der Waals surface area contributed by atoms with E-state index in [1.54, 1.807) is 7.11 Å². The molecule has 1 aliphatic heterocycles. The van der Waals surface area contributed by atoms with Crippen molar-refractivity contribution in [3.05, 3.63) is 84.2 Å². The zero-order valence-corrected chi connectivity index (χ0v) is 19.6. The number of methoxy groups -OCH3 is 1. The van der Waals surface area contributed by atoms with Crippen LogP contribution in [0.25, 0.3) is 11.0 Å². The van der Waals surface area contributed by atoms with Gasteiger partial charge in [0.25, 0.3) is 0 Å². The molecule has 34 heavy (non-hydrogen) atoms. The summed E-state index contributed by atoms with van der Waals surface area (Å²) in [5.74, 6) is 2.57. The van der Waals surface area contributed by atoms with Crippen molar-refractivity contribution in [2.24, 2.45) is 0 Å². The predicted molar refractivity (Wildman–Crippen MR) is 134 cm³/mol. The monoisotopic (exact) mass is 455 g/mol. The van der Waals surface area contributed by atoms with E-state index in [9.17, 15) is 4.79 Å². The number of anilines is 1. The number of rotatable bonds is 8. The number of hydrogen-bond donors (Lipinski definition) is 0. The highest BCUT2D eigenvalue weighted by atomic mass is 16.5. The largest absolute Gasteiger partial charge is 0.495 e. The van der Waals surface area contributed by atoms with Crippen molar-refractivity contribution in [1.29, 1.82) is 0 Å². The van der Waals surface area contributed by atoms with Gasteiger partial charge in [-0.2, -0.15) is 0 Å². The molecule has 1 atom stereocenters. The molecule has 1 aromatic heterocycles. The van der Waals surface area contributed by atoms with E-state index in [0.717, 1.165) is 34.7 Å². The molecule has 5 rings (SSSR count). The normalized spacial score (nSPS) is 15.8. The number of hydrogen-bond acceptors (Lipinski definition) is 4. The molecule has 1 fully saturated rings. The maximum absolute atomic E-state index is 13.0. The average Bonchev–Trinajstić information content (AvgIpc) is 3.45. The molecule has 0 radical (unpaired) electrons. The van der Waals surface area contributed by atoms with Crippen molar-refractivity contribution in [2.75, 3.05) is 25.2 Å². The van der Waals surface area contributed by atoms with E-state index < -0.39 is 0 Å². The Kier molecular flexibility index (Phi) is 6.21. The summed E-state index contributed by atoms with van der Waals surface area (Å²) >= 11 is 0. The molecule has 0 N–H and O–H groups in total. The molecule has 0 aliphatic carbocycles. The van der Waals surface area contributed by atoms with Crippen LogP contribution in [-0.2, 0) is 17.8 Å². The van der Waals surface area contributed by atoms with E-state index >= 15 is 0 Å². The lowest BCUT2D eigenvalue weighted by molar-refractivity contribution is -0.117. The van der Waals surface area contributed by atoms with Crippen LogP contribution >= 0.6 is 0 Å². The number of para-hydroxylation sites is 4. The molecule has 1 aliphatic rings. The summed E-state index contributed by atoms with van der Waals surface area (Å²) in [4.78, 5) is 19.8. The van der Waals surface area contributed by atoms with Crippen molar-refractivity contribution in [3.63, 3.8) is 0 Å². The van der Waals surface area contributed by atoms with Crippen LogP contribution in [0.1, 0.15) is 30.7 Å². The number of imidazole rings is 1. The number of aryl methyl sites for hydroxylation is 1. The number of aromatic nitrogens is 2. The van der Waals surface area contributed by atoms with Crippen molar-refractivity contribution >= 4 is 22.6 Å². The Hall–Kier alpha value is -3.80. The number of ether oxygens (including phenoxy) is 2. The Morgan fingerprint density at radius 3 is 2.56 bits per heavy atom. The molecule has 0 saturated carbocycles. The summed E-state index contributed by atoms with van der Waals surface area (Å²) in [5.41, 5.74) is 4.10. The molecule has 6 nitrogen and oxygen atoms in total. The van der Waals surface area contributed by atoms with Gasteiger partial charge >= 0.3 is 0 Å². The van der Waals surface area contributed by atoms with E-state index in [2.05, 4.69) is 29.7 Å². The molecule has 1 saturated heterocycles. The topological polar surface area (TPSA) is 56.6 Å². The number of amides is 1. The van der Waals surface area contributed by atoms with E-state index in [-0.39, 0.29) is 11.8 Å². The van der Waals surface area contributed by atoms with Gasteiger partial charge in [0.2, 0.25) is 5.91 Å². The zero-order chi connectivity index (χ0) is 23.5. The molecule has 0 bridgehead atoms. The summed E-state index contributed by atoms with van der Waals surface area (Å²) in [6.07, 6.45) is 1.43. The van der Waals surface area contributed by atoms with Crippen LogP contribution in [0.15, 0.2) is 72.8 Å². The first-order valence-electron chi connectivity index (χ1n) is 11.8. The Bertz CT molecular complexity index is 1300. The van der Waals surface area contributed by atoms with Crippen molar-refractivity contribution in [3.8, 4) is 11.5 Å². The van der Waals surface area contributed by atoms with E-state index in [1.807, 2.05) is 59.5 Å². The maximum Gasteiger partial charge on any atom is 0.227 e. The maximum atomic E-state index is 13.0. The summed E-state index contributed by atoms with van der Waals surface area (Å²) in [6, 6.07) is 24.0. The number of benzene rings is 3. The molecular weight excluding hydrogens is 426 g/mol. The molecule has 3 aromatic carbocycles. The second kappa shape index (κ2) is 9.59. The Balaban J connectivity index is 1.39. The van der Waals surface area contributed by atoms with Crippen LogP contribution in [0.4, 0.5) is 5.69 Å². The third kappa shape index (κ3) is 4.23. The zero-order valence-electron chi connectivity index (χ0n) is 19.6. The lowest BCUT2D eigenvalue weighted by Gasteiger charge is -2.20. The Labute approximate surface area is 199 Å². The fourth-order valence-corrected chi connectivity index (χ4v) is 4.68. The third-order valence-corrected chi connectivity index (χ3v) is 6.47. The van der Waals surface area contributed by atoms with Gasteiger partial charge in [0.15, 0.2) is 0 Å². The smallest absolute Gasteiger partial charge is 0.227 e. The van der Waals surface area contributed by atoms with Crippen LogP contribution in [0.5, 0.6) is 11.5 Å². The van der Waals surface area contributed by atoms with Crippen LogP contribution in [-0.4, -0.2) is 35.7 Å². The highest BCUT2D eigenvalue weighted by molar-refractivity contribution is 5.97. The Morgan fingerprint density at radius 1 is 1.00 bits per heavy atom. The highest BCUT2D eigenvalue weighted by Gasteiger charge is 2.35. The van der Waals surface area contributed by atoms with E-state index in [4.69, 9.17) is 14.5 Å². The first kappa shape index (κ1) is 22.0. The lowest BCUT2D eigenvalue weighted by Crippen LogP contribution is -2.25. The van der Waals surface area contributed by atoms with Gasteiger partial charge in [-0.05, 0) is 48.4 Å². The minimum Gasteiger partial charge on any atom is -0.495 e. The SMILES string of the molecule is CCc1ccc(OCCn2c([C@H]3CC(=O)N(c4ccccc4OC)C3)nc3ccccc32)cc1. The van der Waals surface area contributed by atoms with Gasteiger partial charge in [0, 0.05) is 18.9 Å². The van der Waals surface area contributed by atoms with Gasteiger partial charge in [0.05, 0.1) is 30.4 Å². The first-order chi connectivity index (χ1) is 16.7. The fraction of sp³-hybridized carbons (Fsp3) is 0.286. The van der Waals surface area contributed by atoms with Gasteiger partial charge < -0.3 is 18.9 Å². The quantitative estimate of drug-likeness (QED) is 0.366. The molecule has 6 heteroatoms. The second-order valence-electron chi connectivity index (χ2n) is 8.53. The molecule has 1 amide bonds. The second-order valence-corrected chi connectivity index (χ2v) is 8.53. The molecule has 4 aromatic rings. The van der Waals surface area contributed by atoms with Crippen LogP contribution in [0.2, 0.25) is 0 Å². The van der Waals surface area contributed by atoms with E-state index in [1.165, 1.54) is 5.56 Å². The van der Waals surface area contributed by atoms with Crippen LogP contribution in [0, 0.1) is 0 Å². The lowest BCUT2D eigenvalue weighted by atomic mass is 10.1. The highest BCUT2D eigenvalue weighted by Crippen LogP contribution is 2.37. The van der Waals surface area contributed by atoms with Gasteiger partial charge in [-0.25, -0.2) is 4.98 Å². The summed E-state index contributed by atoms with van der Waals surface area (Å²) in [6.45, 7) is 3.90. The average molecular weight is 456 g/mol. The minimum atomic E-state index is -0.00588. The number of nitrogens with zero attached hydrogens (tertiary/aromatic N) is 3. The van der Waals surface area contributed by atoms with Gasteiger partial charge in [-0.15, -0.1) is 0 Å². The minimum absolute atomic E-state index is 0.00588. The van der Waals surface area contributed by atoms with Gasteiger partial charge in [-0.3, -0.25) is 4.79 Å². The molecule has 174 valence electrons. The van der Waals surface area contributed by atoms with Gasteiger partial charge in [0.1, 0.15) is 23.9 Å². The van der Waals surface area contributed by atoms with Crippen molar-refractivity contribution < 1.29 is 14.3 Å². The fourth-order valence-electron chi connectivity index (χ4n) is 4.68. The summed E-state index contributed by atoms with van der Waals surface area (Å²) in [7, 11) is 1.63. The summed E-state index contributed by atoms with van der Waals surface area (Å²) in [5, 5.41) is 0. The number of carbonyl (C=O) groups excluding carboxylic acids is 1. The predicted octanol–water partition coefficient (Wildman–Crippen LogP) is 5.21. The number of carbonyl (C=O) groups is 1. The van der Waals surface area contributed by atoms with E-state index in [0.29, 0.717) is 31.9 Å².